The molecule has 5 nitrogen and oxygen atoms in total. The van der Waals surface area contributed by atoms with Crippen LogP contribution in [0.3, 0.4) is 0 Å². The molecule has 1 aromatic heterocycles. The van der Waals surface area contributed by atoms with Crippen LogP contribution >= 0.6 is 0 Å². The average Bonchev–Trinajstić information content (AvgIpc) is 2.73. The molecule has 0 fully saturated rings. The number of rotatable bonds is 4. The van der Waals surface area contributed by atoms with Crippen LogP contribution in [-0.2, 0) is 0 Å². The van der Waals surface area contributed by atoms with Crippen LogP contribution in [0.25, 0.3) is 5.69 Å². The van der Waals surface area contributed by atoms with Crippen molar-refractivity contribution in [3.63, 3.8) is 0 Å². The molecule has 102 valence electrons. The molecular weight excluding hydrogens is 244 g/mol. The van der Waals surface area contributed by atoms with Crippen LogP contribution in [0.5, 0.6) is 11.6 Å². The number of aromatic hydroxyl groups is 1. The normalized spacial score (nSPS) is 12.4. The SMILES string of the molecule is CCC(C)c1[nH]c(=O)n(-c2ccc(OC)cc2)c1O. The number of nitrogens with zero attached hydrogens (tertiary/aromatic N) is 1. The zero-order valence-corrected chi connectivity index (χ0v) is 11.3. The number of methoxy groups -OCH3 is 1. The van der Waals surface area contributed by atoms with Gasteiger partial charge < -0.3 is 14.8 Å². The van der Waals surface area contributed by atoms with Gasteiger partial charge in [0.15, 0.2) is 0 Å². The van der Waals surface area contributed by atoms with Crippen LogP contribution in [0.1, 0.15) is 31.9 Å². The lowest BCUT2D eigenvalue weighted by atomic mass is 10.1. The number of hydrogen-bond acceptors (Lipinski definition) is 3. The minimum Gasteiger partial charge on any atom is -0.497 e. The van der Waals surface area contributed by atoms with Crippen molar-refractivity contribution in [1.82, 2.24) is 9.55 Å². The van der Waals surface area contributed by atoms with E-state index in [-0.39, 0.29) is 17.5 Å². The molecule has 0 bridgehead atoms. The molecule has 19 heavy (non-hydrogen) atoms. The summed E-state index contributed by atoms with van der Waals surface area (Å²) in [6, 6.07) is 6.96. The lowest BCUT2D eigenvalue weighted by molar-refractivity contribution is 0.414. The summed E-state index contributed by atoms with van der Waals surface area (Å²) in [7, 11) is 1.58. The topological polar surface area (TPSA) is 67.2 Å². The molecule has 0 spiro atoms. The molecule has 1 unspecified atom stereocenters. The Morgan fingerprint density at radius 1 is 1.37 bits per heavy atom. The Morgan fingerprint density at radius 3 is 2.53 bits per heavy atom. The van der Waals surface area contributed by atoms with Gasteiger partial charge in [-0.1, -0.05) is 13.8 Å². The molecule has 0 radical (unpaired) electrons. The van der Waals surface area contributed by atoms with Crippen molar-refractivity contribution in [2.24, 2.45) is 0 Å². The van der Waals surface area contributed by atoms with Gasteiger partial charge in [-0.25, -0.2) is 9.36 Å². The molecule has 0 aliphatic rings. The van der Waals surface area contributed by atoms with Crippen LogP contribution in [0.15, 0.2) is 29.1 Å². The van der Waals surface area contributed by atoms with E-state index < -0.39 is 0 Å². The zero-order valence-electron chi connectivity index (χ0n) is 11.3. The Kier molecular flexibility index (Phi) is 3.64. The van der Waals surface area contributed by atoms with Crippen molar-refractivity contribution < 1.29 is 9.84 Å². The second-order valence-electron chi connectivity index (χ2n) is 4.51. The summed E-state index contributed by atoms with van der Waals surface area (Å²) in [5.41, 5.74) is 0.843. The maximum Gasteiger partial charge on any atom is 0.333 e. The van der Waals surface area contributed by atoms with Gasteiger partial charge in [0.2, 0.25) is 5.88 Å². The first-order valence-corrected chi connectivity index (χ1v) is 6.26. The molecule has 2 N–H and O–H groups in total. The highest BCUT2D eigenvalue weighted by Crippen LogP contribution is 2.27. The predicted molar refractivity (Wildman–Crippen MR) is 73.3 cm³/mol. The van der Waals surface area contributed by atoms with E-state index in [1.807, 2.05) is 13.8 Å². The summed E-state index contributed by atoms with van der Waals surface area (Å²) >= 11 is 0. The number of aromatic amines is 1. The van der Waals surface area contributed by atoms with Gasteiger partial charge in [-0.15, -0.1) is 0 Å². The van der Waals surface area contributed by atoms with Gasteiger partial charge in [-0.3, -0.25) is 0 Å². The van der Waals surface area contributed by atoms with Gasteiger partial charge in [-0.05, 0) is 30.7 Å². The number of aromatic nitrogens is 2. The number of benzene rings is 1. The Morgan fingerprint density at radius 2 is 2.00 bits per heavy atom. The smallest absolute Gasteiger partial charge is 0.333 e. The molecule has 0 saturated carbocycles. The lowest BCUT2D eigenvalue weighted by Gasteiger charge is -2.08. The van der Waals surface area contributed by atoms with Crippen molar-refractivity contribution in [2.75, 3.05) is 7.11 Å². The fraction of sp³-hybridized carbons (Fsp3) is 0.357. The molecular formula is C14H18N2O3. The minimum atomic E-state index is -0.335. The summed E-state index contributed by atoms with van der Waals surface area (Å²) in [4.78, 5) is 14.7. The molecule has 0 aliphatic carbocycles. The highest BCUT2D eigenvalue weighted by molar-refractivity contribution is 5.41. The summed E-state index contributed by atoms with van der Waals surface area (Å²) in [5.74, 6) is 0.783. The number of hydrogen-bond donors (Lipinski definition) is 2. The van der Waals surface area contributed by atoms with Crippen molar-refractivity contribution >= 4 is 0 Å². The summed E-state index contributed by atoms with van der Waals surface area (Å²) in [6.45, 7) is 3.97. The van der Waals surface area contributed by atoms with Gasteiger partial charge in [0.1, 0.15) is 5.75 Å². The predicted octanol–water partition coefficient (Wildman–Crippen LogP) is 2.39. The van der Waals surface area contributed by atoms with E-state index in [4.69, 9.17) is 4.74 Å². The van der Waals surface area contributed by atoms with Crippen molar-refractivity contribution in [3.05, 3.63) is 40.4 Å². The summed E-state index contributed by atoms with van der Waals surface area (Å²) in [5, 5.41) is 10.2. The highest BCUT2D eigenvalue weighted by Gasteiger charge is 2.18. The molecule has 5 heteroatoms. The molecule has 0 saturated heterocycles. The fourth-order valence-corrected chi connectivity index (χ4v) is 1.96. The third kappa shape index (κ3) is 2.36. The Labute approximate surface area is 111 Å². The van der Waals surface area contributed by atoms with E-state index in [0.717, 1.165) is 6.42 Å². The second-order valence-corrected chi connectivity index (χ2v) is 4.51. The Hall–Kier alpha value is -2.17. The third-order valence-electron chi connectivity index (χ3n) is 3.33. The van der Waals surface area contributed by atoms with E-state index >= 15 is 0 Å². The Bertz CT molecular complexity index is 611. The first-order chi connectivity index (χ1) is 9.08. The van der Waals surface area contributed by atoms with Gasteiger partial charge in [0, 0.05) is 5.92 Å². The van der Waals surface area contributed by atoms with Gasteiger partial charge in [0.25, 0.3) is 0 Å². The molecule has 2 rings (SSSR count). The standard InChI is InChI=1S/C14H18N2O3/c1-4-9(2)12-13(17)16(14(18)15-12)10-5-7-11(19-3)8-6-10/h5-9,17H,4H2,1-3H3,(H,15,18). The average molecular weight is 262 g/mol. The summed E-state index contributed by atoms with van der Waals surface area (Å²) in [6.07, 6.45) is 0.843. The summed E-state index contributed by atoms with van der Waals surface area (Å²) < 4.78 is 6.33. The zero-order chi connectivity index (χ0) is 14.0. The monoisotopic (exact) mass is 262 g/mol. The van der Waals surface area contributed by atoms with Crippen LogP contribution < -0.4 is 10.4 Å². The van der Waals surface area contributed by atoms with Crippen LogP contribution in [0.4, 0.5) is 0 Å². The first kappa shape index (κ1) is 13.3. The number of nitrogens with one attached hydrogen (secondary N) is 1. The molecule has 1 heterocycles. The highest BCUT2D eigenvalue weighted by atomic mass is 16.5. The van der Waals surface area contributed by atoms with Crippen LogP contribution in [-0.4, -0.2) is 21.8 Å². The van der Waals surface area contributed by atoms with Gasteiger partial charge >= 0.3 is 5.69 Å². The Balaban J connectivity index is 2.50. The van der Waals surface area contributed by atoms with E-state index in [9.17, 15) is 9.90 Å². The third-order valence-corrected chi connectivity index (χ3v) is 3.33. The van der Waals surface area contributed by atoms with Gasteiger partial charge in [-0.2, -0.15) is 0 Å². The number of ether oxygens (including phenoxy) is 1. The van der Waals surface area contributed by atoms with E-state index in [0.29, 0.717) is 17.1 Å². The lowest BCUT2D eigenvalue weighted by Crippen LogP contribution is -2.14. The molecule has 1 aromatic carbocycles. The van der Waals surface area contributed by atoms with Crippen molar-refractivity contribution in [2.45, 2.75) is 26.2 Å². The maximum atomic E-state index is 12.0. The van der Waals surface area contributed by atoms with Gasteiger partial charge in [0.05, 0.1) is 18.5 Å². The van der Waals surface area contributed by atoms with Crippen molar-refractivity contribution in [3.8, 4) is 17.3 Å². The fourth-order valence-electron chi connectivity index (χ4n) is 1.96. The molecule has 2 aromatic rings. The van der Waals surface area contributed by atoms with E-state index in [1.54, 1.807) is 31.4 Å². The van der Waals surface area contributed by atoms with E-state index in [1.165, 1.54) is 4.57 Å². The van der Waals surface area contributed by atoms with Crippen molar-refractivity contribution in [1.29, 1.82) is 0 Å². The molecule has 0 aliphatic heterocycles. The van der Waals surface area contributed by atoms with Crippen LogP contribution in [0, 0.1) is 0 Å². The maximum absolute atomic E-state index is 12.0. The largest absolute Gasteiger partial charge is 0.497 e. The van der Waals surface area contributed by atoms with E-state index in [2.05, 4.69) is 4.98 Å². The number of H-pyrrole nitrogens is 1. The minimum absolute atomic E-state index is 0.0236. The molecule has 0 amide bonds. The number of imidazole rings is 1. The first-order valence-electron chi connectivity index (χ1n) is 6.26. The second kappa shape index (κ2) is 5.22. The van der Waals surface area contributed by atoms with Crippen LogP contribution in [0.2, 0.25) is 0 Å². The molecule has 1 atom stereocenters. The quantitative estimate of drug-likeness (QED) is 0.889.